The van der Waals surface area contributed by atoms with Crippen LogP contribution in [0.2, 0.25) is 0 Å². The largest absolute Gasteiger partial charge is 0.103 e. The van der Waals surface area contributed by atoms with Crippen LogP contribution < -0.4 is 0 Å². The minimum Gasteiger partial charge on any atom is -0.103 e. The summed E-state index contributed by atoms with van der Waals surface area (Å²) in [7, 11) is 0. The highest BCUT2D eigenvalue weighted by Gasteiger charge is 2.40. The molecule has 0 aromatic carbocycles. The second-order valence-electron chi connectivity index (χ2n) is 15.9. The zero-order valence-electron chi connectivity index (χ0n) is 35.0. The van der Waals surface area contributed by atoms with Crippen LogP contribution in [0.1, 0.15) is 145 Å². The Hall–Kier alpha value is -0.1000. The molecule has 4 aliphatic carbocycles. The molecule has 8 unspecified atom stereocenters. The summed E-state index contributed by atoms with van der Waals surface area (Å²) in [6.07, 6.45) is 4.88. The lowest BCUT2D eigenvalue weighted by Crippen LogP contribution is -2.20. The van der Waals surface area contributed by atoms with Gasteiger partial charge in [-0.25, -0.2) is 0 Å². The molecule has 0 aliphatic heterocycles. The van der Waals surface area contributed by atoms with Gasteiger partial charge in [-0.2, -0.15) is 0 Å². The molecule has 0 fully saturated rings. The SMILES string of the molecule is C=CC.C=CC.CC1=C(C)[C@@H](C)C(C)C1C.CC1=C(C)[C@@H](C)C(C)C1C.CC1=C(C)[C@@H](C[C@H]2C(C)=C(C)C(C)C2C)C(C)C1C.II. The van der Waals surface area contributed by atoms with E-state index >= 15 is 0 Å². The summed E-state index contributed by atoms with van der Waals surface area (Å²) in [6.45, 7) is 52.9. The molecular formula is C45H80I2. The fourth-order valence-electron chi connectivity index (χ4n) is 8.51. The maximum absolute atomic E-state index is 3.36. The Morgan fingerprint density at radius 1 is 0.383 bits per heavy atom. The molecule has 0 saturated carbocycles. The molecule has 0 amide bonds. The first-order chi connectivity index (χ1) is 21.7. The number of halogens is 2. The van der Waals surface area contributed by atoms with Crippen LogP contribution in [0, 0.1) is 71.0 Å². The summed E-state index contributed by atoms with van der Waals surface area (Å²) in [6, 6.07) is 0. The summed E-state index contributed by atoms with van der Waals surface area (Å²) in [5.74, 6) is 9.84. The van der Waals surface area contributed by atoms with Crippen LogP contribution in [0.3, 0.4) is 0 Å². The number of allylic oxidation sites excluding steroid dienone is 10. The Kier molecular flexibility index (Phi) is 24.4. The van der Waals surface area contributed by atoms with Gasteiger partial charge in [0.25, 0.3) is 0 Å². The van der Waals surface area contributed by atoms with Crippen molar-refractivity contribution in [2.45, 2.75) is 145 Å². The number of hydrogen-bond donors (Lipinski definition) is 0. The van der Waals surface area contributed by atoms with Crippen LogP contribution in [-0.4, -0.2) is 0 Å². The molecule has 0 spiro atoms. The fraction of sp³-hybridized carbons (Fsp3) is 0.733. The molecule has 0 N–H and O–H groups in total. The lowest BCUT2D eigenvalue weighted by Gasteiger charge is -2.28. The second kappa shape index (κ2) is 23.4. The summed E-state index contributed by atoms with van der Waals surface area (Å²) in [5.41, 5.74) is 13.2. The van der Waals surface area contributed by atoms with E-state index in [1.54, 1.807) is 56.7 Å². The molecule has 12 atom stereocenters. The molecule has 274 valence electrons. The number of hydrogen-bond acceptors (Lipinski definition) is 0. The Morgan fingerprint density at radius 3 is 0.638 bits per heavy atom. The number of rotatable bonds is 2. The standard InChI is InChI=1S/C19H32.2C10H18.2C3H6.I2/c1-10-11(2)15(6)18(14(10)5)9-19-16(7)12(3)13(4)17(19)8;2*1-6-7(2)9(4)10(5)8(6)3;2*1-3-2;1-2/h10,12,14,16,18-19H,9H2,1-8H3;2*6-8H,1-5H3;2*3H,1H2,2H3;/t10?,12?,14?,16?,18-,19+;2*6?,7-,8?;;;/m.00.../s1. The summed E-state index contributed by atoms with van der Waals surface area (Å²) in [4.78, 5) is 0. The lowest BCUT2D eigenvalue weighted by molar-refractivity contribution is 0.267. The van der Waals surface area contributed by atoms with E-state index in [-0.39, 0.29) is 0 Å². The highest BCUT2D eigenvalue weighted by molar-refractivity contribution is 15.0. The normalized spacial score (nSPS) is 35.8. The molecule has 0 saturated heterocycles. The van der Waals surface area contributed by atoms with E-state index in [1.807, 2.05) is 13.8 Å². The highest BCUT2D eigenvalue weighted by atomic mass is 128. The summed E-state index contributed by atoms with van der Waals surface area (Å²) < 4.78 is 0. The predicted molar refractivity (Wildman–Crippen MR) is 237 cm³/mol. The van der Waals surface area contributed by atoms with Gasteiger partial charge >= 0.3 is 0 Å². The maximum atomic E-state index is 3.36. The van der Waals surface area contributed by atoms with Gasteiger partial charge in [0, 0.05) is 37.2 Å². The molecule has 47 heavy (non-hydrogen) atoms. The van der Waals surface area contributed by atoms with E-state index in [0.717, 1.165) is 71.0 Å². The van der Waals surface area contributed by atoms with Crippen LogP contribution in [0.25, 0.3) is 0 Å². The van der Waals surface area contributed by atoms with Crippen molar-refractivity contribution in [3.8, 4) is 0 Å². The molecule has 4 rings (SSSR count). The van der Waals surface area contributed by atoms with Crippen molar-refractivity contribution in [2.24, 2.45) is 71.0 Å². The first kappa shape index (κ1) is 49.0. The Morgan fingerprint density at radius 2 is 0.532 bits per heavy atom. The molecule has 0 heterocycles. The van der Waals surface area contributed by atoms with Gasteiger partial charge in [0.15, 0.2) is 0 Å². The van der Waals surface area contributed by atoms with Crippen LogP contribution >= 0.6 is 37.2 Å². The van der Waals surface area contributed by atoms with Crippen LogP contribution in [0.5, 0.6) is 0 Å². The Balaban J connectivity index is 0. The third-order valence-electron chi connectivity index (χ3n) is 14.2. The first-order valence-electron chi connectivity index (χ1n) is 18.7. The summed E-state index contributed by atoms with van der Waals surface area (Å²) >= 11 is 4.24. The van der Waals surface area contributed by atoms with Gasteiger partial charge in [-0.1, -0.05) is 126 Å². The third-order valence-corrected chi connectivity index (χ3v) is 14.2. The smallest absolute Gasteiger partial charge is 0 e. The average Bonchev–Trinajstić information content (AvgIpc) is 3.50. The first-order valence-corrected chi connectivity index (χ1v) is 25.0. The van der Waals surface area contributed by atoms with E-state index in [2.05, 4.69) is 175 Å². The van der Waals surface area contributed by atoms with Gasteiger partial charge < -0.3 is 0 Å². The zero-order chi connectivity index (χ0) is 37.7. The van der Waals surface area contributed by atoms with E-state index in [9.17, 15) is 0 Å². The van der Waals surface area contributed by atoms with Crippen molar-refractivity contribution in [3.63, 3.8) is 0 Å². The van der Waals surface area contributed by atoms with Gasteiger partial charge in [0.2, 0.25) is 0 Å². The van der Waals surface area contributed by atoms with Gasteiger partial charge in [-0.15, -0.1) is 13.2 Å². The van der Waals surface area contributed by atoms with Gasteiger partial charge in [-0.05, 0) is 147 Å². The average molecular weight is 875 g/mol. The molecule has 2 heteroatoms. The van der Waals surface area contributed by atoms with E-state index in [0.29, 0.717) is 0 Å². The van der Waals surface area contributed by atoms with Crippen molar-refractivity contribution < 1.29 is 0 Å². The Labute approximate surface area is 320 Å². The van der Waals surface area contributed by atoms with Crippen LogP contribution in [0.15, 0.2) is 69.9 Å². The molecule has 0 aromatic heterocycles. The van der Waals surface area contributed by atoms with Crippen molar-refractivity contribution in [3.05, 3.63) is 69.9 Å². The molecule has 0 bridgehead atoms. The molecular weight excluding hydrogens is 794 g/mol. The van der Waals surface area contributed by atoms with Crippen molar-refractivity contribution >= 4 is 37.2 Å². The lowest BCUT2D eigenvalue weighted by atomic mass is 9.76. The monoisotopic (exact) mass is 874 g/mol. The molecule has 0 nitrogen and oxygen atoms in total. The van der Waals surface area contributed by atoms with Gasteiger partial charge in [-0.3, -0.25) is 0 Å². The van der Waals surface area contributed by atoms with Crippen LogP contribution in [0.4, 0.5) is 0 Å². The van der Waals surface area contributed by atoms with E-state index in [1.165, 1.54) is 6.42 Å². The van der Waals surface area contributed by atoms with Crippen molar-refractivity contribution in [1.82, 2.24) is 0 Å². The molecule has 0 radical (unpaired) electrons. The predicted octanol–water partition coefficient (Wildman–Crippen LogP) is 16.5. The van der Waals surface area contributed by atoms with Crippen molar-refractivity contribution in [2.75, 3.05) is 0 Å². The topological polar surface area (TPSA) is 0 Å². The summed E-state index contributed by atoms with van der Waals surface area (Å²) in [5, 5.41) is 0. The van der Waals surface area contributed by atoms with Gasteiger partial charge in [0.1, 0.15) is 0 Å². The Bertz CT molecular complexity index is 975. The minimum absolute atomic E-state index is 0.782. The van der Waals surface area contributed by atoms with Crippen LogP contribution in [-0.2, 0) is 0 Å². The highest BCUT2D eigenvalue weighted by Crippen LogP contribution is 2.50. The minimum atomic E-state index is 0.782. The molecule has 0 aromatic rings. The fourth-order valence-corrected chi connectivity index (χ4v) is 8.51. The quantitative estimate of drug-likeness (QED) is 0.192. The van der Waals surface area contributed by atoms with Crippen molar-refractivity contribution in [1.29, 1.82) is 0 Å². The third kappa shape index (κ3) is 12.6. The van der Waals surface area contributed by atoms with Gasteiger partial charge in [0.05, 0.1) is 0 Å². The molecule has 4 aliphatic rings. The second-order valence-corrected chi connectivity index (χ2v) is 15.9. The zero-order valence-corrected chi connectivity index (χ0v) is 39.3. The van der Waals surface area contributed by atoms with E-state index in [4.69, 9.17) is 0 Å². The van der Waals surface area contributed by atoms with E-state index < -0.39 is 0 Å². The maximum Gasteiger partial charge on any atom is 0 e.